The Hall–Kier alpha value is -2.16. The largest absolute Gasteiger partial charge is 0.353 e. The summed E-state index contributed by atoms with van der Waals surface area (Å²) >= 11 is 0. The minimum absolute atomic E-state index is 0.0522. The maximum Gasteiger partial charge on any atom is 0.269 e. The summed E-state index contributed by atoms with van der Waals surface area (Å²) in [5.74, 6) is 1.50. The van der Waals surface area contributed by atoms with E-state index in [0.717, 1.165) is 12.0 Å². The Morgan fingerprint density at radius 1 is 1.18 bits per heavy atom. The molecule has 1 saturated carbocycles. The first-order chi connectivity index (χ1) is 13.3. The molecule has 1 heterocycles. The molecule has 1 saturated heterocycles. The van der Waals surface area contributed by atoms with Crippen molar-refractivity contribution in [2.24, 2.45) is 10.9 Å². The standard InChI is InChI=1S/C19H28N4O4S/c1-14-4-2-3-5-18(14)22-19(21-16-10-11-28(26,27)13-16)20-12-15-6-8-17(9-7-15)23(24)25/h6-9,14,16,18H,2-5,10-13H2,1H3,(H2,20,21,22). The van der Waals surface area contributed by atoms with E-state index in [4.69, 9.17) is 0 Å². The Balaban J connectivity index is 1.70. The van der Waals surface area contributed by atoms with E-state index in [1.165, 1.54) is 31.4 Å². The normalized spacial score (nSPS) is 27.3. The van der Waals surface area contributed by atoms with E-state index in [1.807, 2.05) is 0 Å². The zero-order valence-electron chi connectivity index (χ0n) is 16.1. The fourth-order valence-corrected chi connectivity index (χ4v) is 5.51. The molecule has 1 aliphatic carbocycles. The SMILES string of the molecule is CC1CCCCC1NC(=NCc1ccc([N+](=O)[O-])cc1)NC1CCS(=O)(=O)C1. The highest BCUT2D eigenvalue weighted by molar-refractivity contribution is 7.91. The van der Waals surface area contributed by atoms with Gasteiger partial charge in [-0.15, -0.1) is 0 Å². The Kier molecular flexibility index (Phi) is 6.53. The molecule has 0 radical (unpaired) electrons. The molecule has 0 spiro atoms. The van der Waals surface area contributed by atoms with Crippen molar-refractivity contribution in [3.63, 3.8) is 0 Å². The third-order valence-corrected chi connectivity index (χ3v) is 7.34. The van der Waals surface area contributed by atoms with E-state index in [2.05, 4.69) is 22.5 Å². The topological polar surface area (TPSA) is 114 Å². The summed E-state index contributed by atoms with van der Waals surface area (Å²) in [6.45, 7) is 2.60. The van der Waals surface area contributed by atoms with Crippen LogP contribution in [0.25, 0.3) is 0 Å². The van der Waals surface area contributed by atoms with E-state index < -0.39 is 14.8 Å². The fourth-order valence-electron chi connectivity index (χ4n) is 3.83. The number of aliphatic imine (C=N–C) groups is 1. The van der Waals surface area contributed by atoms with Gasteiger partial charge in [-0.25, -0.2) is 13.4 Å². The van der Waals surface area contributed by atoms with Gasteiger partial charge in [-0.1, -0.05) is 31.9 Å². The molecule has 8 nitrogen and oxygen atoms in total. The second-order valence-electron chi connectivity index (χ2n) is 7.85. The average Bonchev–Trinajstić information content (AvgIpc) is 3.00. The van der Waals surface area contributed by atoms with Crippen LogP contribution in [0.3, 0.4) is 0 Å². The lowest BCUT2D eigenvalue weighted by atomic mass is 9.86. The van der Waals surface area contributed by atoms with Crippen molar-refractivity contribution in [1.82, 2.24) is 10.6 Å². The van der Waals surface area contributed by atoms with Crippen LogP contribution >= 0.6 is 0 Å². The minimum Gasteiger partial charge on any atom is -0.353 e. The van der Waals surface area contributed by atoms with Crippen LogP contribution in [0.5, 0.6) is 0 Å². The second-order valence-corrected chi connectivity index (χ2v) is 10.1. The third kappa shape index (κ3) is 5.67. The predicted molar refractivity (Wildman–Crippen MR) is 109 cm³/mol. The smallest absolute Gasteiger partial charge is 0.269 e. The molecule has 2 N–H and O–H groups in total. The van der Waals surface area contributed by atoms with Crippen LogP contribution in [0, 0.1) is 16.0 Å². The molecule has 9 heteroatoms. The Bertz CT molecular complexity index is 823. The highest BCUT2D eigenvalue weighted by Gasteiger charge is 2.29. The van der Waals surface area contributed by atoms with Gasteiger partial charge in [0.2, 0.25) is 0 Å². The summed E-state index contributed by atoms with van der Waals surface area (Å²) in [5.41, 5.74) is 0.916. The zero-order valence-corrected chi connectivity index (χ0v) is 17.0. The van der Waals surface area contributed by atoms with Gasteiger partial charge in [-0.2, -0.15) is 0 Å². The van der Waals surface area contributed by atoms with Gasteiger partial charge in [-0.05, 0) is 30.7 Å². The Labute approximate surface area is 165 Å². The summed E-state index contributed by atoms with van der Waals surface area (Å²) < 4.78 is 23.6. The number of nitrogens with zero attached hydrogens (tertiary/aromatic N) is 2. The summed E-state index contributed by atoms with van der Waals surface area (Å²) in [5, 5.41) is 17.6. The molecule has 1 aromatic rings. The molecule has 1 aromatic carbocycles. The van der Waals surface area contributed by atoms with E-state index in [9.17, 15) is 18.5 Å². The predicted octanol–water partition coefficient (Wildman–Crippen LogP) is 2.40. The number of hydrogen-bond acceptors (Lipinski definition) is 5. The number of non-ortho nitro benzene ring substituents is 1. The number of sulfone groups is 1. The molecule has 3 rings (SSSR count). The van der Waals surface area contributed by atoms with Crippen LogP contribution in [0.1, 0.15) is 44.6 Å². The van der Waals surface area contributed by atoms with E-state index in [1.54, 1.807) is 12.1 Å². The summed E-state index contributed by atoms with van der Waals surface area (Å²) in [7, 11) is -2.97. The van der Waals surface area contributed by atoms with Crippen molar-refractivity contribution in [1.29, 1.82) is 0 Å². The lowest BCUT2D eigenvalue weighted by molar-refractivity contribution is -0.384. The third-order valence-electron chi connectivity index (χ3n) is 5.57. The molecule has 3 atom stereocenters. The van der Waals surface area contributed by atoms with Crippen molar-refractivity contribution in [2.75, 3.05) is 11.5 Å². The number of rotatable bonds is 5. The first-order valence-electron chi connectivity index (χ1n) is 9.84. The van der Waals surface area contributed by atoms with Crippen LogP contribution in [-0.4, -0.2) is 42.9 Å². The summed E-state index contributed by atoms with van der Waals surface area (Å²) in [6, 6.07) is 6.52. The van der Waals surface area contributed by atoms with Crippen LogP contribution in [-0.2, 0) is 16.4 Å². The van der Waals surface area contributed by atoms with Crippen molar-refractivity contribution in [3.8, 4) is 0 Å². The lowest BCUT2D eigenvalue weighted by Crippen LogP contribution is -2.50. The second kappa shape index (κ2) is 8.89. The monoisotopic (exact) mass is 408 g/mol. The molecule has 28 heavy (non-hydrogen) atoms. The van der Waals surface area contributed by atoms with E-state index in [-0.39, 0.29) is 23.2 Å². The molecule has 1 aliphatic heterocycles. The Morgan fingerprint density at radius 2 is 1.89 bits per heavy atom. The van der Waals surface area contributed by atoms with Crippen molar-refractivity contribution in [3.05, 3.63) is 39.9 Å². The molecule has 2 aliphatic rings. The van der Waals surface area contributed by atoms with Crippen molar-refractivity contribution in [2.45, 2.75) is 57.7 Å². The summed E-state index contributed by atoms with van der Waals surface area (Å²) in [6.07, 6.45) is 5.24. The maximum absolute atomic E-state index is 11.8. The Morgan fingerprint density at radius 3 is 2.50 bits per heavy atom. The van der Waals surface area contributed by atoms with Crippen LogP contribution < -0.4 is 10.6 Å². The van der Waals surface area contributed by atoms with Gasteiger partial charge in [0.15, 0.2) is 15.8 Å². The number of nitro benzene ring substituents is 1. The number of nitro groups is 1. The van der Waals surface area contributed by atoms with Crippen LogP contribution in [0.15, 0.2) is 29.3 Å². The van der Waals surface area contributed by atoms with Crippen molar-refractivity contribution >= 4 is 21.5 Å². The molecule has 2 fully saturated rings. The van der Waals surface area contributed by atoms with Crippen LogP contribution in [0.4, 0.5) is 5.69 Å². The number of nitrogens with one attached hydrogen (secondary N) is 2. The highest BCUT2D eigenvalue weighted by atomic mass is 32.2. The molecule has 0 bridgehead atoms. The first-order valence-corrected chi connectivity index (χ1v) is 11.7. The molecule has 0 amide bonds. The van der Waals surface area contributed by atoms with Crippen LogP contribution in [0.2, 0.25) is 0 Å². The van der Waals surface area contributed by atoms with Gasteiger partial charge in [0.25, 0.3) is 5.69 Å². The van der Waals surface area contributed by atoms with E-state index >= 15 is 0 Å². The van der Waals surface area contributed by atoms with Gasteiger partial charge < -0.3 is 10.6 Å². The molecular weight excluding hydrogens is 380 g/mol. The molecule has 0 aromatic heterocycles. The number of benzene rings is 1. The van der Waals surface area contributed by atoms with Gasteiger partial charge in [0.05, 0.1) is 23.0 Å². The van der Waals surface area contributed by atoms with E-state index in [0.29, 0.717) is 30.9 Å². The fraction of sp³-hybridized carbons (Fsp3) is 0.632. The molecule has 154 valence electrons. The molecular formula is C19H28N4O4S. The average molecular weight is 409 g/mol. The number of guanidine groups is 1. The summed E-state index contributed by atoms with van der Waals surface area (Å²) in [4.78, 5) is 15.0. The van der Waals surface area contributed by atoms with Gasteiger partial charge in [0.1, 0.15) is 0 Å². The quantitative estimate of drug-likeness (QED) is 0.335. The minimum atomic E-state index is -2.97. The maximum atomic E-state index is 11.8. The lowest BCUT2D eigenvalue weighted by Gasteiger charge is -2.31. The number of hydrogen-bond donors (Lipinski definition) is 2. The highest BCUT2D eigenvalue weighted by Crippen LogP contribution is 2.24. The van der Waals surface area contributed by atoms with Gasteiger partial charge in [-0.3, -0.25) is 10.1 Å². The zero-order chi connectivity index (χ0) is 20.1. The van der Waals surface area contributed by atoms with Gasteiger partial charge in [0, 0.05) is 24.2 Å². The van der Waals surface area contributed by atoms with Crippen molar-refractivity contribution < 1.29 is 13.3 Å². The first kappa shape index (κ1) is 20.6. The molecule has 3 unspecified atom stereocenters. The van der Waals surface area contributed by atoms with Gasteiger partial charge >= 0.3 is 0 Å².